The van der Waals surface area contributed by atoms with Crippen LogP contribution in [-0.2, 0) is 0 Å². The molecule has 0 radical (unpaired) electrons. The van der Waals surface area contributed by atoms with E-state index < -0.39 is 0 Å². The number of carbonyl (C=O) groups excluding carboxylic acids is 1. The number of hydrogen-bond donors (Lipinski definition) is 2. The number of amides is 2. The first-order valence-corrected chi connectivity index (χ1v) is 5.13. The van der Waals surface area contributed by atoms with E-state index in [0.717, 1.165) is 32.4 Å². The van der Waals surface area contributed by atoms with E-state index in [1.165, 1.54) is 0 Å². The first-order valence-electron chi connectivity index (χ1n) is 5.13. The lowest BCUT2D eigenvalue weighted by Crippen LogP contribution is -2.41. The third kappa shape index (κ3) is 3.38. The Balaban J connectivity index is 2.22. The van der Waals surface area contributed by atoms with Crippen LogP contribution in [0.25, 0.3) is 0 Å². The quantitative estimate of drug-likeness (QED) is 0.653. The summed E-state index contributed by atoms with van der Waals surface area (Å²) in [5, 5.41) is 0. The molecular formula is C10H19N3O. The average molecular weight is 197 g/mol. The molecule has 4 nitrogen and oxygen atoms in total. The Kier molecular flexibility index (Phi) is 4.46. The van der Waals surface area contributed by atoms with Gasteiger partial charge in [0.15, 0.2) is 0 Å². The first kappa shape index (κ1) is 11.0. The van der Waals surface area contributed by atoms with Crippen molar-refractivity contribution >= 4 is 6.03 Å². The largest absolute Gasteiger partial charge is 0.351 e. The van der Waals surface area contributed by atoms with Crippen molar-refractivity contribution in [3.8, 4) is 0 Å². The van der Waals surface area contributed by atoms with Crippen molar-refractivity contribution in [3.05, 3.63) is 12.2 Å². The molecule has 14 heavy (non-hydrogen) atoms. The zero-order chi connectivity index (χ0) is 10.4. The molecule has 1 rings (SSSR count). The molecule has 80 valence electrons. The Labute approximate surface area is 84.9 Å². The monoisotopic (exact) mass is 197 g/mol. The molecule has 1 fully saturated rings. The predicted octanol–water partition coefficient (Wildman–Crippen LogP) is 0.682. The Morgan fingerprint density at radius 1 is 1.36 bits per heavy atom. The smallest absolute Gasteiger partial charge is 0.314 e. The lowest BCUT2D eigenvalue weighted by molar-refractivity contribution is 0.179. The van der Waals surface area contributed by atoms with E-state index >= 15 is 0 Å². The summed E-state index contributed by atoms with van der Waals surface area (Å²) in [6.45, 7) is 2.22. The molecule has 0 saturated carbocycles. The van der Waals surface area contributed by atoms with Crippen molar-refractivity contribution in [3.63, 3.8) is 0 Å². The highest BCUT2D eigenvalue weighted by Crippen LogP contribution is 2.20. The number of rotatable bonds is 3. The van der Waals surface area contributed by atoms with Gasteiger partial charge in [0, 0.05) is 19.6 Å². The van der Waals surface area contributed by atoms with Gasteiger partial charge in [-0.1, -0.05) is 12.2 Å². The highest BCUT2D eigenvalue weighted by atomic mass is 16.2. The van der Waals surface area contributed by atoms with E-state index in [-0.39, 0.29) is 6.03 Å². The fourth-order valence-electron chi connectivity index (χ4n) is 1.77. The zero-order valence-electron chi connectivity index (χ0n) is 8.48. The highest BCUT2D eigenvalue weighted by Gasteiger charge is 2.19. The molecule has 4 heteroatoms. The van der Waals surface area contributed by atoms with E-state index in [2.05, 4.69) is 6.08 Å². The summed E-state index contributed by atoms with van der Waals surface area (Å²) in [5.74, 6) is 0.688. The van der Waals surface area contributed by atoms with Gasteiger partial charge in [0.25, 0.3) is 0 Å². The van der Waals surface area contributed by atoms with Gasteiger partial charge in [-0.15, -0.1) is 0 Å². The summed E-state index contributed by atoms with van der Waals surface area (Å²) in [5.41, 5.74) is 10.5. The second kappa shape index (κ2) is 5.65. The normalized spacial score (nSPS) is 19.1. The number of nitrogens with two attached hydrogens (primary N) is 2. The van der Waals surface area contributed by atoms with E-state index in [1.807, 2.05) is 6.08 Å². The maximum atomic E-state index is 10.8. The summed E-state index contributed by atoms with van der Waals surface area (Å²) in [4.78, 5) is 12.6. The standard InChI is InChI=1S/C10H19N3O/c11-6-2-1-3-9-4-7-13(8-5-9)10(12)14/h1-2,9H,3-8,11H2,(H2,12,14)/b2-1+. The molecule has 2 amide bonds. The van der Waals surface area contributed by atoms with Crippen LogP contribution >= 0.6 is 0 Å². The summed E-state index contributed by atoms with van der Waals surface area (Å²) in [6, 6.07) is -0.291. The van der Waals surface area contributed by atoms with Crippen molar-refractivity contribution in [1.29, 1.82) is 0 Å². The molecule has 0 atom stereocenters. The van der Waals surface area contributed by atoms with Gasteiger partial charge >= 0.3 is 6.03 Å². The molecular weight excluding hydrogens is 178 g/mol. The van der Waals surface area contributed by atoms with Gasteiger partial charge in [-0.05, 0) is 25.2 Å². The topological polar surface area (TPSA) is 72.3 Å². The Hall–Kier alpha value is -1.03. The number of likely N-dealkylation sites (tertiary alicyclic amines) is 1. The summed E-state index contributed by atoms with van der Waals surface area (Å²) >= 11 is 0. The number of urea groups is 1. The molecule has 0 unspecified atom stereocenters. The van der Waals surface area contributed by atoms with E-state index in [1.54, 1.807) is 4.90 Å². The van der Waals surface area contributed by atoms with Crippen molar-refractivity contribution in [2.24, 2.45) is 17.4 Å². The molecule has 0 aromatic carbocycles. The minimum Gasteiger partial charge on any atom is -0.351 e. The van der Waals surface area contributed by atoms with Crippen LogP contribution in [0.15, 0.2) is 12.2 Å². The number of hydrogen-bond acceptors (Lipinski definition) is 2. The van der Waals surface area contributed by atoms with Crippen LogP contribution in [0.1, 0.15) is 19.3 Å². The molecule has 0 bridgehead atoms. The van der Waals surface area contributed by atoms with Gasteiger partial charge in [-0.25, -0.2) is 4.79 Å². The lowest BCUT2D eigenvalue weighted by atomic mass is 9.93. The highest BCUT2D eigenvalue weighted by molar-refractivity contribution is 5.72. The Morgan fingerprint density at radius 2 is 2.00 bits per heavy atom. The van der Waals surface area contributed by atoms with Gasteiger partial charge in [-0.3, -0.25) is 0 Å². The molecule has 4 N–H and O–H groups in total. The SMILES string of the molecule is NC/C=C/CC1CCN(C(N)=O)CC1. The van der Waals surface area contributed by atoms with Crippen LogP contribution in [0.2, 0.25) is 0 Å². The van der Waals surface area contributed by atoms with Gasteiger partial charge in [0.05, 0.1) is 0 Å². The molecule has 1 heterocycles. The molecule has 0 aromatic rings. The molecule has 0 aliphatic carbocycles. The van der Waals surface area contributed by atoms with Gasteiger partial charge < -0.3 is 16.4 Å². The van der Waals surface area contributed by atoms with Gasteiger partial charge in [0.1, 0.15) is 0 Å². The number of carbonyl (C=O) groups is 1. The first-order chi connectivity index (χ1) is 6.74. The second-order valence-corrected chi connectivity index (χ2v) is 3.71. The van der Waals surface area contributed by atoms with E-state index in [9.17, 15) is 4.79 Å². The van der Waals surface area contributed by atoms with Gasteiger partial charge in [-0.2, -0.15) is 0 Å². The van der Waals surface area contributed by atoms with Crippen LogP contribution in [0.5, 0.6) is 0 Å². The van der Waals surface area contributed by atoms with E-state index in [4.69, 9.17) is 11.5 Å². The zero-order valence-corrected chi connectivity index (χ0v) is 8.48. The molecule has 0 spiro atoms. The summed E-state index contributed by atoms with van der Waals surface area (Å²) < 4.78 is 0. The molecule has 1 aliphatic heterocycles. The number of piperidine rings is 1. The molecule has 1 saturated heterocycles. The molecule has 1 aliphatic rings. The van der Waals surface area contributed by atoms with Crippen LogP contribution in [-0.4, -0.2) is 30.6 Å². The second-order valence-electron chi connectivity index (χ2n) is 3.71. The van der Waals surface area contributed by atoms with Crippen LogP contribution in [0.4, 0.5) is 4.79 Å². The summed E-state index contributed by atoms with van der Waals surface area (Å²) in [7, 11) is 0. The number of primary amides is 1. The number of nitrogens with zero attached hydrogens (tertiary/aromatic N) is 1. The average Bonchev–Trinajstić information content (AvgIpc) is 2.19. The van der Waals surface area contributed by atoms with Crippen molar-refractivity contribution in [2.75, 3.05) is 19.6 Å². The third-order valence-corrected chi connectivity index (χ3v) is 2.70. The minimum absolute atomic E-state index is 0.291. The maximum Gasteiger partial charge on any atom is 0.314 e. The third-order valence-electron chi connectivity index (χ3n) is 2.70. The van der Waals surface area contributed by atoms with Gasteiger partial charge in [0.2, 0.25) is 0 Å². The van der Waals surface area contributed by atoms with Crippen molar-refractivity contribution in [2.45, 2.75) is 19.3 Å². The number of allylic oxidation sites excluding steroid dienone is 1. The minimum atomic E-state index is -0.291. The Bertz CT molecular complexity index is 207. The molecule has 0 aromatic heterocycles. The van der Waals surface area contributed by atoms with Crippen LogP contribution < -0.4 is 11.5 Å². The van der Waals surface area contributed by atoms with E-state index in [0.29, 0.717) is 12.5 Å². The maximum absolute atomic E-state index is 10.8. The lowest BCUT2D eigenvalue weighted by Gasteiger charge is -2.30. The fraction of sp³-hybridized carbons (Fsp3) is 0.700. The van der Waals surface area contributed by atoms with Crippen LogP contribution in [0.3, 0.4) is 0 Å². The van der Waals surface area contributed by atoms with Crippen molar-refractivity contribution < 1.29 is 4.79 Å². The van der Waals surface area contributed by atoms with Crippen LogP contribution in [0, 0.1) is 5.92 Å². The Morgan fingerprint density at radius 3 is 2.50 bits per heavy atom. The van der Waals surface area contributed by atoms with Crippen molar-refractivity contribution in [1.82, 2.24) is 4.90 Å². The summed E-state index contributed by atoms with van der Waals surface area (Å²) in [6.07, 6.45) is 7.30. The predicted molar refractivity (Wildman–Crippen MR) is 56.7 cm³/mol. The fourth-order valence-corrected chi connectivity index (χ4v) is 1.77.